The summed E-state index contributed by atoms with van der Waals surface area (Å²) in [6.07, 6.45) is 2.04. The van der Waals surface area contributed by atoms with Gasteiger partial charge in [0.15, 0.2) is 6.04 Å². The third kappa shape index (κ3) is 6.07. The Morgan fingerprint density at radius 2 is 1.94 bits per heavy atom. The summed E-state index contributed by atoms with van der Waals surface area (Å²) < 4.78 is 19.6. The maximum Gasteiger partial charge on any atom is 0.261 e. The van der Waals surface area contributed by atoms with Gasteiger partial charge in [-0.3, -0.25) is 19.3 Å². The Morgan fingerprint density at radius 3 is 2.55 bits per heavy atom. The molecule has 2 N–H and O–H groups in total. The fourth-order valence-corrected chi connectivity index (χ4v) is 3.75. The molecule has 0 aliphatic rings. The van der Waals surface area contributed by atoms with Crippen molar-refractivity contribution in [3.63, 3.8) is 0 Å². The molecule has 33 heavy (non-hydrogen) atoms. The summed E-state index contributed by atoms with van der Waals surface area (Å²) in [5.74, 6) is -1.86. The SMILES string of the molecule is CCC(C)(C)NC(=O)C(c1ccco1)N(C(=O)CNC(=O)c1cccs1)c1cccc(F)c1. The molecule has 0 bridgehead atoms. The van der Waals surface area contributed by atoms with Crippen molar-refractivity contribution in [3.05, 3.63) is 76.6 Å². The second-order valence-corrected chi connectivity index (χ2v) is 9.00. The number of benzene rings is 1. The third-order valence-corrected chi connectivity index (χ3v) is 6.03. The predicted molar refractivity (Wildman–Crippen MR) is 124 cm³/mol. The minimum Gasteiger partial charge on any atom is -0.467 e. The van der Waals surface area contributed by atoms with Gasteiger partial charge in [-0.05, 0) is 62.0 Å². The van der Waals surface area contributed by atoms with Crippen molar-refractivity contribution >= 4 is 34.7 Å². The molecule has 3 rings (SSSR count). The molecular weight excluding hydrogens is 445 g/mol. The van der Waals surface area contributed by atoms with Gasteiger partial charge in [-0.15, -0.1) is 11.3 Å². The molecule has 9 heteroatoms. The van der Waals surface area contributed by atoms with Crippen LogP contribution in [-0.2, 0) is 9.59 Å². The van der Waals surface area contributed by atoms with Crippen molar-refractivity contribution < 1.29 is 23.2 Å². The number of hydrogen-bond acceptors (Lipinski definition) is 5. The Morgan fingerprint density at radius 1 is 1.15 bits per heavy atom. The lowest BCUT2D eigenvalue weighted by Gasteiger charge is -2.33. The normalized spacial score (nSPS) is 12.1. The Hall–Kier alpha value is -3.46. The maximum absolute atomic E-state index is 14.1. The average molecular weight is 472 g/mol. The zero-order valence-corrected chi connectivity index (χ0v) is 19.4. The molecule has 0 aliphatic carbocycles. The lowest BCUT2D eigenvalue weighted by Crippen LogP contribution is -2.52. The number of thiophene rings is 1. The number of halogens is 1. The number of nitrogens with zero attached hydrogens (tertiary/aromatic N) is 1. The van der Waals surface area contributed by atoms with E-state index < -0.39 is 41.7 Å². The van der Waals surface area contributed by atoms with Gasteiger partial charge < -0.3 is 15.1 Å². The van der Waals surface area contributed by atoms with Crippen LogP contribution < -0.4 is 15.5 Å². The highest BCUT2D eigenvalue weighted by Crippen LogP contribution is 2.29. The standard InChI is InChI=1S/C24H26FN3O4S/c1-4-24(2,3)27-23(31)21(18-10-6-12-32-18)28(17-9-5-8-16(25)14-17)20(29)15-26-22(30)19-11-7-13-33-19/h5-14,21H,4,15H2,1-3H3,(H,26,30)(H,27,31). The fourth-order valence-electron chi connectivity index (χ4n) is 3.11. The molecule has 0 saturated carbocycles. The van der Waals surface area contributed by atoms with E-state index in [-0.39, 0.29) is 11.4 Å². The van der Waals surface area contributed by atoms with E-state index >= 15 is 0 Å². The monoisotopic (exact) mass is 471 g/mol. The Balaban J connectivity index is 1.97. The van der Waals surface area contributed by atoms with Gasteiger partial charge in [0.1, 0.15) is 11.6 Å². The van der Waals surface area contributed by atoms with Gasteiger partial charge in [-0.1, -0.05) is 19.1 Å². The number of carbonyl (C=O) groups is 3. The number of carbonyl (C=O) groups excluding carboxylic acids is 3. The van der Waals surface area contributed by atoms with Crippen LogP contribution in [-0.4, -0.2) is 29.8 Å². The summed E-state index contributed by atoms with van der Waals surface area (Å²) in [5, 5.41) is 7.25. The third-order valence-electron chi connectivity index (χ3n) is 5.16. The molecule has 1 unspecified atom stereocenters. The number of furan rings is 1. The first-order valence-electron chi connectivity index (χ1n) is 10.5. The number of nitrogens with one attached hydrogen (secondary N) is 2. The second kappa shape index (κ2) is 10.4. The van der Waals surface area contributed by atoms with E-state index in [0.29, 0.717) is 11.3 Å². The van der Waals surface area contributed by atoms with Crippen LogP contribution in [0.25, 0.3) is 0 Å². The summed E-state index contributed by atoms with van der Waals surface area (Å²) >= 11 is 1.24. The largest absolute Gasteiger partial charge is 0.467 e. The van der Waals surface area contributed by atoms with Crippen molar-refractivity contribution in [2.75, 3.05) is 11.4 Å². The maximum atomic E-state index is 14.1. The van der Waals surface area contributed by atoms with Crippen molar-refractivity contribution in [3.8, 4) is 0 Å². The number of rotatable bonds is 9. The van der Waals surface area contributed by atoms with Crippen molar-refractivity contribution in [2.24, 2.45) is 0 Å². The van der Waals surface area contributed by atoms with Gasteiger partial charge in [0.25, 0.3) is 11.8 Å². The van der Waals surface area contributed by atoms with Crippen molar-refractivity contribution in [1.29, 1.82) is 0 Å². The van der Waals surface area contributed by atoms with E-state index in [0.717, 1.165) is 11.0 Å². The molecular formula is C24H26FN3O4S. The highest BCUT2D eigenvalue weighted by molar-refractivity contribution is 7.12. The first-order valence-corrected chi connectivity index (χ1v) is 11.3. The van der Waals surface area contributed by atoms with Crippen LogP contribution in [0.4, 0.5) is 10.1 Å². The minimum atomic E-state index is -1.21. The van der Waals surface area contributed by atoms with E-state index in [9.17, 15) is 18.8 Å². The number of anilines is 1. The number of amides is 3. The first kappa shape index (κ1) is 24.2. The molecule has 2 heterocycles. The summed E-state index contributed by atoms with van der Waals surface area (Å²) in [5.41, 5.74) is -0.386. The van der Waals surface area contributed by atoms with E-state index in [1.54, 1.807) is 29.6 Å². The zero-order valence-electron chi connectivity index (χ0n) is 18.6. The Bertz CT molecular complexity index is 1100. The van der Waals surface area contributed by atoms with Crippen LogP contribution in [0.2, 0.25) is 0 Å². The quantitative estimate of drug-likeness (QED) is 0.487. The molecule has 3 aromatic rings. The summed E-state index contributed by atoms with van der Waals surface area (Å²) in [6, 6.07) is 10.7. The molecule has 174 valence electrons. The minimum absolute atomic E-state index is 0.163. The fraction of sp³-hybridized carbons (Fsp3) is 0.292. The molecule has 0 spiro atoms. The van der Waals surface area contributed by atoms with E-state index in [1.165, 1.54) is 35.8 Å². The highest BCUT2D eigenvalue weighted by Gasteiger charge is 2.37. The Kier molecular flexibility index (Phi) is 7.65. The van der Waals surface area contributed by atoms with Gasteiger partial charge >= 0.3 is 0 Å². The van der Waals surface area contributed by atoms with Gasteiger partial charge in [0.05, 0.1) is 17.7 Å². The van der Waals surface area contributed by atoms with Gasteiger partial charge in [0.2, 0.25) is 5.91 Å². The van der Waals surface area contributed by atoms with Crippen LogP contribution in [0, 0.1) is 5.82 Å². The first-order chi connectivity index (χ1) is 15.7. The molecule has 0 aliphatic heterocycles. The van der Waals surface area contributed by atoms with Crippen LogP contribution in [0.3, 0.4) is 0 Å². The van der Waals surface area contributed by atoms with Crippen LogP contribution in [0.1, 0.15) is 48.7 Å². The molecule has 0 fully saturated rings. The Labute approximate surface area is 195 Å². The van der Waals surface area contributed by atoms with Crippen LogP contribution in [0.5, 0.6) is 0 Å². The summed E-state index contributed by atoms with van der Waals surface area (Å²) in [7, 11) is 0. The number of hydrogen-bond donors (Lipinski definition) is 2. The van der Waals surface area contributed by atoms with Crippen LogP contribution >= 0.6 is 11.3 Å². The lowest BCUT2D eigenvalue weighted by atomic mass is 10.0. The molecule has 0 radical (unpaired) electrons. The molecule has 1 aromatic carbocycles. The molecule has 0 saturated heterocycles. The molecule has 1 atom stereocenters. The van der Waals surface area contributed by atoms with Crippen molar-refractivity contribution in [2.45, 2.75) is 38.8 Å². The van der Waals surface area contributed by atoms with Crippen LogP contribution in [0.15, 0.2) is 64.6 Å². The van der Waals surface area contributed by atoms with E-state index in [2.05, 4.69) is 10.6 Å². The predicted octanol–water partition coefficient (Wildman–Crippen LogP) is 4.29. The van der Waals surface area contributed by atoms with Crippen molar-refractivity contribution in [1.82, 2.24) is 10.6 Å². The summed E-state index contributed by atoms with van der Waals surface area (Å²) in [6.45, 7) is 5.26. The molecule has 2 aromatic heterocycles. The van der Waals surface area contributed by atoms with Gasteiger partial charge in [-0.25, -0.2) is 4.39 Å². The lowest BCUT2D eigenvalue weighted by molar-refractivity contribution is -0.128. The topological polar surface area (TPSA) is 91.7 Å². The molecule has 3 amide bonds. The van der Waals surface area contributed by atoms with E-state index in [4.69, 9.17) is 4.42 Å². The smallest absolute Gasteiger partial charge is 0.261 e. The zero-order chi connectivity index (χ0) is 24.0. The summed E-state index contributed by atoms with van der Waals surface area (Å²) in [4.78, 5) is 40.7. The molecule has 7 nitrogen and oxygen atoms in total. The van der Waals surface area contributed by atoms with Gasteiger partial charge in [-0.2, -0.15) is 0 Å². The van der Waals surface area contributed by atoms with Gasteiger partial charge in [0, 0.05) is 11.2 Å². The average Bonchev–Trinajstić information content (AvgIpc) is 3.49. The second-order valence-electron chi connectivity index (χ2n) is 8.05. The van der Waals surface area contributed by atoms with E-state index in [1.807, 2.05) is 20.8 Å². The highest BCUT2D eigenvalue weighted by atomic mass is 32.1.